The van der Waals surface area contributed by atoms with Crippen LogP contribution >= 0.6 is 0 Å². The lowest BCUT2D eigenvalue weighted by atomic mass is 10.0. The summed E-state index contributed by atoms with van der Waals surface area (Å²) >= 11 is 0. The molecule has 2 rings (SSSR count). The predicted octanol–water partition coefficient (Wildman–Crippen LogP) is 1.53. The summed E-state index contributed by atoms with van der Waals surface area (Å²) in [6, 6.07) is -0.417. The van der Waals surface area contributed by atoms with Crippen molar-refractivity contribution in [1.29, 1.82) is 0 Å². The van der Waals surface area contributed by atoms with Crippen molar-refractivity contribution >= 4 is 11.8 Å². The normalized spacial score (nSPS) is 19.4. The van der Waals surface area contributed by atoms with Gasteiger partial charge in [0.15, 0.2) is 5.82 Å². The van der Waals surface area contributed by atoms with Gasteiger partial charge in [0.25, 0.3) is 5.56 Å². The van der Waals surface area contributed by atoms with Crippen LogP contribution in [0, 0.1) is 0 Å². The molecular weight excluding hydrogens is 270 g/mol. The van der Waals surface area contributed by atoms with E-state index in [4.69, 9.17) is 4.74 Å². The molecule has 1 saturated heterocycles. The summed E-state index contributed by atoms with van der Waals surface area (Å²) in [7, 11) is 1.38. The molecule has 116 valence electrons. The third kappa shape index (κ3) is 3.09. The summed E-state index contributed by atoms with van der Waals surface area (Å²) in [5, 5.41) is 0. The van der Waals surface area contributed by atoms with Crippen LogP contribution in [0.5, 0.6) is 0 Å². The molecule has 0 amide bonds. The van der Waals surface area contributed by atoms with Crippen LogP contribution in [0.1, 0.15) is 40.0 Å². The average molecular weight is 293 g/mol. The monoisotopic (exact) mass is 293 g/mol. The van der Waals surface area contributed by atoms with Crippen LogP contribution in [0.25, 0.3) is 0 Å². The molecule has 1 atom stereocenters. The second kappa shape index (κ2) is 5.87. The van der Waals surface area contributed by atoms with Crippen LogP contribution in [0.15, 0.2) is 17.2 Å². The summed E-state index contributed by atoms with van der Waals surface area (Å²) in [6.07, 6.45) is 5.89. The minimum Gasteiger partial charge on any atom is -0.467 e. The molecule has 0 saturated carbocycles. The van der Waals surface area contributed by atoms with Gasteiger partial charge in [0.1, 0.15) is 6.04 Å². The maximum atomic E-state index is 12.7. The summed E-state index contributed by atoms with van der Waals surface area (Å²) in [5.74, 6) is 0.0320. The molecule has 0 bridgehead atoms. The van der Waals surface area contributed by atoms with Crippen LogP contribution in [0.2, 0.25) is 0 Å². The Kier molecular flexibility index (Phi) is 4.34. The van der Waals surface area contributed by atoms with Crippen molar-refractivity contribution in [2.45, 2.75) is 51.6 Å². The first-order chi connectivity index (χ1) is 9.86. The highest BCUT2D eigenvalue weighted by atomic mass is 16.5. The minimum absolute atomic E-state index is 0.166. The first kappa shape index (κ1) is 15.5. The lowest BCUT2D eigenvalue weighted by Crippen LogP contribution is -2.49. The van der Waals surface area contributed by atoms with E-state index in [0.29, 0.717) is 18.8 Å². The lowest BCUT2D eigenvalue weighted by Gasteiger charge is -2.34. The fourth-order valence-electron chi connectivity index (χ4n) is 2.69. The van der Waals surface area contributed by atoms with E-state index < -0.39 is 6.04 Å². The Hall–Kier alpha value is -1.85. The number of nitrogens with zero attached hydrogens (tertiary/aromatic N) is 3. The summed E-state index contributed by atoms with van der Waals surface area (Å²) < 4.78 is 6.51. The first-order valence-corrected chi connectivity index (χ1v) is 7.29. The number of rotatable bonds is 2. The number of esters is 1. The van der Waals surface area contributed by atoms with E-state index in [1.165, 1.54) is 7.11 Å². The second-order valence-corrected chi connectivity index (χ2v) is 6.32. The molecule has 1 aromatic heterocycles. The van der Waals surface area contributed by atoms with Crippen LogP contribution in [0.3, 0.4) is 0 Å². The Labute approximate surface area is 124 Å². The Bertz CT molecular complexity index is 574. The van der Waals surface area contributed by atoms with Crippen molar-refractivity contribution in [2.75, 3.05) is 18.6 Å². The van der Waals surface area contributed by atoms with Crippen LogP contribution < -0.4 is 10.5 Å². The fraction of sp³-hybridized carbons (Fsp3) is 0.667. The number of anilines is 1. The quantitative estimate of drug-likeness (QED) is 0.774. The molecule has 1 aliphatic rings. The van der Waals surface area contributed by atoms with Crippen molar-refractivity contribution in [3.05, 3.63) is 22.7 Å². The van der Waals surface area contributed by atoms with Crippen molar-refractivity contribution in [3.8, 4) is 0 Å². The summed E-state index contributed by atoms with van der Waals surface area (Å²) in [6.45, 7) is 6.54. The Morgan fingerprint density at radius 2 is 2.10 bits per heavy atom. The zero-order chi connectivity index (χ0) is 15.6. The van der Waals surface area contributed by atoms with Gasteiger partial charge in [-0.05, 0) is 40.0 Å². The van der Waals surface area contributed by atoms with Crippen LogP contribution in [-0.2, 0) is 15.1 Å². The Morgan fingerprint density at radius 1 is 1.38 bits per heavy atom. The van der Waals surface area contributed by atoms with Crippen LogP contribution in [-0.4, -0.2) is 35.2 Å². The van der Waals surface area contributed by atoms with Gasteiger partial charge in [-0.2, -0.15) is 0 Å². The third-order valence-corrected chi connectivity index (χ3v) is 3.79. The van der Waals surface area contributed by atoms with E-state index in [0.717, 1.165) is 12.8 Å². The van der Waals surface area contributed by atoms with Gasteiger partial charge in [-0.15, -0.1) is 0 Å². The van der Waals surface area contributed by atoms with Crippen molar-refractivity contribution < 1.29 is 9.53 Å². The van der Waals surface area contributed by atoms with E-state index in [-0.39, 0.29) is 17.1 Å². The number of methoxy groups -OCH3 is 1. The highest BCUT2D eigenvalue weighted by molar-refractivity contribution is 5.79. The van der Waals surface area contributed by atoms with Gasteiger partial charge >= 0.3 is 5.97 Å². The zero-order valence-electron chi connectivity index (χ0n) is 13.1. The summed E-state index contributed by atoms with van der Waals surface area (Å²) in [5.41, 5.74) is -0.494. The van der Waals surface area contributed by atoms with Gasteiger partial charge in [-0.1, -0.05) is 0 Å². The number of hydrogen-bond donors (Lipinski definition) is 0. The molecule has 6 nitrogen and oxygen atoms in total. The molecule has 21 heavy (non-hydrogen) atoms. The smallest absolute Gasteiger partial charge is 0.328 e. The highest BCUT2D eigenvalue weighted by Gasteiger charge is 2.32. The molecule has 1 aromatic rings. The zero-order valence-corrected chi connectivity index (χ0v) is 13.1. The number of piperidine rings is 1. The van der Waals surface area contributed by atoms with Gasteiger partial charge in [-0.3, -0.25) is 4.79 Å². The molecule has 0 spiro atoms. The third-order valence-electron chi connectivity index (χ3n) is 3.79. The summed E-state index contributed by atoms with van der Waals surface area (Å²) in [4.78, 5) is 30.6. The number of ether oxygens (including phenoxy) is 1. The molecule has 1 aliphatic heterocycles. The molecule has 0 aromatic carbocycles. The number of carbonyl (C=O) groups is 1. The SMILES string of the molecule is COC(=O)C1CCCCN1c1nccn(C(C)(C)C)c1=O. The maximum Gasteiger partial charge on any atom is 0.328 e. The Morgan fingerprint density at radius 3 is 2.71 bits per heavy atom. The topological polar surface area (TPSA) is 64.4 Å². The molecular formula is C15H23N3O3. The molecule has 6 heteroatoms. The number of aromatic nitrogens is 2. The fourth-order valence-corrected chi connectivity index (χ4v) is 2.69. The van der Waals surface area contributed by atoms with Gasteiger partial charge in [0.05, 0.1) is 7.11 Å². The molecule has 0 aliphatic carbocycles. The minimum atomic E-state index is -0.417. The standard InChI is InChI=1S/C15H23N3O3/c1-15(2,3)18-10-8-16-12(13(18)19)17-9-6-5-7-11(17)14(20)21-4/h8,10-11H,5-7,9H2,1-4H3. The maximum absolute atomic E-state index is 12.7. The van der Waals surface area contributed by atoms with Crippen molar-refractivity contribution in [3.63, 3.8) is 0 Å². The number of hydrogen-bond acceptors (Lipinski definition) is 5. The van der Waals surface area contributed by atoms with E-state index in [2.05, 4.69) is 4.98 Å². The Balaban J connectivity index is 2.45. The average Bonchev–Trinajstić information content (AvgIpc) is 2.45. The second-order valence-electron chi connectivity index (χ2n) is 6.32. The van der Waals surface area contributed by atoms with Crippen LogP contribution in [0.4, 0.5) is 5.82 Å². The van der Waals surface area contributed by atoms with Crippen molar-refractivity contribution in [1.82, 2.24) is 9.55 Å². The van der Waals surface area contributed by atoms with Gasteiger partial charge in [0.2, 0.25) is 0 Å². The number of carbonyl (C=O) groups excluding carboxylic acids is 1. The van der Waals surface area contributed by atoms with E-state index >= 15 is 0 Å². The molecule has 2 heterocycles. The molecule has 1 fully saturated rings. The van der Waals surface area contributed by atoms with Gasteiger partial charge in [-0.25, -0.2) is 9.78 Å². The first-order valence-electron chi connectivity index (χ1n) is 7.29. The molecule has 1 unspecified atom stereocenters. The molecule has 0 radical (unpaired) electrons. The van der Waals surface area contributed by atoms with E-state index in [1.807, 2.05) is 20.8 Å². The lowest BCUT2D eigenvalue weighted by molar-refractivity contribution is -0.142. The van der Waals surface area contributed by atoms with E-state index in [9.17, 15) is 9.59 Å². The largest absolute Gasteiger partial charge is 0.467 e. The van der Waals surface area contributed by atoms with E-state index in [1.54, 1.807) is 21.9 Å². The van der Waals surface area contributed by atoms with Crippen molar-refractivity contribution in [2.24, 2.45) is 0 Å². The molecule has 0 N–H and O–H groups in total. The van der Waals surface area contributed by atoms with Gasteiger partial charge < -0.3 is 14.2 Å². The highest BCUT2D eigenvalue weighted by Crippen LogP contribution is 2.22. The predicted molar refractivity (Wildman–Crippen MR) is 80.5 cm³/mol. The van der Waals surface area contributed by atoms with Gasteiger partial charge in [0, 0.05) is 24.5 Å².